The van der Waals surface area contributed by atoms with Gasteiger partial charge in [0, 0.05) is 25.4 Å². The average Bonchev–Trinajstić information content (AvgIpc) is 3.05. The molecule has 1 fully saturated rings. The minimum absolute atomic E-state index is 0.421. The van der Waals surface area contributed by atoms with E-state index < -0.39 is 36.7 Å². The van der Waals surface area contributed by atoms with Crippen LogP contribution in [0.15, 0.2) is 28.7 Å². The molecule has 1 atom stereocenters. The molecular weight excluding hydrogens is 348 g/mol. The topological polar surface area (TPSA) is 95.7 Å². The first kappa shape index (κ1) is 18.1. The lowest BCUT2D eigenvalue weighted by molar-refractivity contribution is -0.143. The van der Waals surface area contributed by atoms with Crippen LogP contribution in [0.2, 0.25) is 0 Å². The molecule has 0 saturated carbocycles. The molecule has 2 N–H and O–H groups in total. The smallest absolute Gasteiger partial charge is 0.326 e. The number of nitrogens with one attached hydrogen (secondary N) is 1. The van der Waals surface area contributed by atoms with Gasteiger partial charge in [0.05, 0.1) is 0 Å². The number of aliphatic carboxylic acids is 1. The van der Waals surface area contributed by atoms with Crippen molar-refractivity contribution < 1.29 is 27.9 Å². The average molecular weight is 367 g/mol. The first-order chi connectivity index (χ1) is 12.4. The Balaban J connectivity index is 1.57. The van der Waals surface area contributed by atoms with Crippen molar-refractivity contribution in [3.63, 3.8) is 0 Å². The Hall–Kier alpha value is -2.71. The van der Waals surface area contributed by atoms with Gasteiger partial charge in [0.2, 0.25) is 12.3 Å². The minimum Gasteiger partial charge on any atom is -0.480 e. The number of nitrogens with zero attached hydrogens (tertiary/aromatic N) is 2. The lowest BCUT2D eigenvalue weighted by atomic mass is 9.95. The number of carbonyl (C=O) groups excluding carboxylic acids is 1. The third kappa shape index (κ3) is 4.09. The molecule has 0 bridgehead atoms. The summed E-state index contributed by atoms with van der Waals surface area (Å²) in [6.07, 6.45) is -2.77. The monoisotopic (exact) mass is 367 g/mol. The molecule has 0 aliphatic carbocycles. The van der Waals surface area contributed by atoms with Gasteiger partial charge in [0.1, 0.15) is 11.6 Å². The van der Waals surface area contributed by atoms with Gasteiger partial charge in [-0.2, -0.15) is 4.98 Å². The van der Waals surface area contributed by atoms with E-state index in [-0.39, 0.29) is 0 Å². The number of carbonyl (C=O) groups is 2. The van der Waals surface area contributed by atoms with Gasteiger partial charge in [-0.1, -0.05) is 12.1 Å². The molecule has 1 amide bonds. The summed E-state index contributed by atoms with van der Waals surface area (Å²) in [6, 6.07) is 6.29. The molecule has 26 heavy (non-hydrogen) atoms. The highest BCUT2D eigenvalue weighted by atomic mass is 19.3. The van der Waals surface area contributed by atoms with Gasteiger partial charge in [-0.05, 0) is 25.0 Å². The number of alkyl halides is 2. The second kappa shape index (κ2) is 7.67. The number of halogens is 2. The highest BCUT2D eigenvalue weighted by Gasteiger charge is 2.31. The second-order valence-electron chi connectivity index (χ2n) is 6.25. The van der Waals surface area contributed by atoms with Crippen molar-refractivity contribution in [2.45, 2.75) is 31.7 Å². The van der Waals surface area contributed by atoms with Gasteiger partial charge in [0.15, 0.2) is 5.58 Å². The summed E-state index contributed by atoms with van der Waals surface area (Å²) < 4.78 is 30.5. The molecular formula is C17H19F2N3O4. The maximum atomic E-state index is 12.4. The zero-order valence-corrected chi connectivity index (χ0v) is 13.9. The Morgan fingerprint density at radius 2 is 2.00 bits per heavy atom. The number of aromatic nitrogens is 1. The van der Waals surface area contributed by atoms with E-state index in [1.165, 1.54) is 0 Å². The lowest BCUT2D eigenvalue weighted by Gasteiger charge is -2.30. The van der Waals surface area contributed by atoms with E-state index in [0.717, 1.165) is 5.52 Å². The third-order valence-electron chi connectivity index (χ3n) is 4.45. The van der Waals surface area contributed by atoms with Gasteiger partial charge in [-0.15, -0.1) is 0 Å². The molecule has 2 aromatic rings. The molecule has 0 spiro atoms. The molecule has 140 valence electrons. The quantitative estimate of drug-likeness (QED) is 0.813. The van der Waals surface area contributed by atoms with Gasteiger partial charge < -0.3 is 19.7 Å². The maximum Gasteiger partial charge on any atom is 0.326 e. The first-order valence-corrected chi connectivity index (χ1v) is 8.36. The van der Waals surface area contributed by atoms with E-state index in [1.807, 2.05) is 29.2 Å². The number of benzene rings is 1. The Labute approximate surface area is 148 Å². The fraction of sp³-hybridized carbons (Fsp3) is 0.471. The van der Waals surface area contributed by atoms with Crippen LogP contribution in [0.5, 0.6) is 0 Å². The molecule has 1 unspecified atom stereocenters. The van der Waals surface area contributed by atoms with E-state index in [9.17, 15) is 18.4 Å². The number of anilines is 1. The summed E-state index contributed by atoms with van der Waals surface area (Å²) in [5.74, 6) is -2.38. The molecule has 1 aromatic carbocycles. The van der Waals surface area contributed by atoms with Crippen molar-refractivity contribution in [3.05, 3.63) is 24.3 Å². The summed E-state index contributed by atoms with van der Waals surface area (Å²) in [5, 5.41) is 11.2. The number of para-hydroxylation sites is 2. The van der Waals surface area contributed by atoms with Gasteiger partial charge in [-0.25, -0.2) is 13.6 Å². The predicted molar refractivity (Wildman–Crippen MR) is 89.1 cm³/mol. The Morgan fingerprint density at radius 1 is 1.31 bits per heavy atom. The molecule has 1 saturated heterocycles. The van der Waals surface area contributed by atoms with Crippen molar-refractivity contribution in [1.29, 1.82) is 0 Å². The number of rotatable bonds is 6. The van der Waals surface area contributed by atoms with Crippen LogP contribution in [0.1, 0.15) is 19.3 Å². The summed E-state index contributed by atoms with van der Waals surface area (Å²) in [7, 11) is 0. The van der Waals surface area contributed by atoms with E-state index in [1.54, 1.807) is 0 Å². The zero-order chi connectivity index (χ0) is 18.7. The molecule has 2 heterocycles. The van der Waals surface area contributed by atoms with Crippen molar-refractivity contribution in [2.75, 3.05) is 18.0 Å². The largest absolute Gasteiger partial charge is 0.480 e. The van der Waals surface area contributed by atoms with Crippen molar-refractivity contribution >= 4 is 29.0 Å². The number of carboxylic acids is 1. The number of oxazole rings is 1. The van der Waals surface area contributed by atoms with Crippen molar-refractivity contribution in [2.24, 2.45) is 5.92 Å². The number of fused-ring (bicyclic) bond motifs is 1. The van der Waals surface area contributed by atoms with Crippen LogP contribution in [0.25, 0.3) is 11.1 Å². The maximum absolute atomic E-state index is 12.4. The number of hydrogen-bond donors (Lipinski definition) is 2. The molecule has 1 aliphatic rings. The Morgan fingerprint density at radius 3 is 2.62 bits per heavy atom. The zero-order valence-electron chi connectivity index (χ0n) is 13.9. The van der Waals surface area contributed by atoms with E-state index in [2.05, 4.69) is 10.3 Å². The van der Waals surface area contributed by atoms with E-state index >= 15 is 0 Å². The van der Waals surface area contributed by atoms with E-state index in [0.29, 0.717) is 37.5 Å². The van der Waals surface area contributed by atoms with Crippen LogP contribution >= 0.6 is 0 Å². The molecule has 7 nitrogen and oxygen atoms in total. The Kier molecular flexibility index (Phi) is 5.34. The SMILES string of the molecule is O=C(NC(CC(F)F)C(=O)O)C1CCN(c2nc3ccccc3o2)CC1. The van der Waals surface area contributed by atoms with Gasteiger partial charge in [-0.3, -0.25) is 4.79 Å². The van der Waals surface area contributed by atoms with Crippen molar-refractivity contribution in [1.82, 2.24) is 10.3 Å². The highest BCUT2D eigenvalue weighted by molar-refractivity contribution is 5.85. The summed E-state index contributed by atoms with van der Waals surface area (Å²) >= 11 is 0. The van der Waals surface area contributed by atoms with Gasteiger partial charge >= 0.3 is 5.97 Å². The van der Waals surface area contributed by atoms with Crippen LogP contribution < -0.4 is 10.2 Å². The normalized spacial score (nSPS) is 16.8. The predicted octanol–water partition coefficient (Wildman–Crippen LogP) is 2.27. The van der Waals surface area contributed by atoms with Crippen LogP contribution in [0, 0.1) is 5.92 Å². The summed E-state index contributed by atoms with van der Waals surface area (Å²) in [6.45, 7) is 1.02. The van der Waals surface area contributed by atoms with E-state index in [4.69, 9.17) is 9.52 Å². The molecule has 0 radical (unpaired) electrons. The molecule has 1 aromatic heterocycles. The standard InChI is InChI=1S/C17H19F2N3O4/c18-14(19)9-12(16(24)25)20-15(23)10-5-7-22(8-6-10)17-21-11-3-1-2-4-13(11)26-17/h1-4,10,12,14H,5-9H2,(H,20,23)(H,24,25). The fourth-order valence-electron chi connectivity index (χ4n) is 3.02. The van der Waals surface area contributed by atoms with Crippen LogP contribution in [-0.2, 0) is 9.59 Å². The number of carboxylic acid groups (broad SMARTS) is 1. The lowest BCUT2D eigenvalue weighted by Crippen LogP contribution is -2.47. The second-order valence-corrected chi connectivity index (χ2v) is 6.25. The first-order valence-electron chi connectivity index (χ1n) is 8.36. The molecule has 9 heteroatoms. The number of hydrogen-bond acceptors (Lipinski definition) is 5. The van der Waals surface area contributed by atoms with Crippen LogP contribution in [0.4, 0.5) is 14.8 Å². The number of amides is 1. The highest BCUT2D eigenvalue weighted by Crippen LogP contribution is 2.26. The Bertz CT molecular complexity index is 754. The van der Waals surface area contributed by atoms with Crippen LogP contribution in [-0.4, -0.2) is 47.5 Å². The minimum atomic E-state index is -2.79. The van der Waals surface area contributed by atoms with Crippen molar-refractivity contribution in [3.8, 4) is 0 Å². The number of piperidine rings is 1. The molecule has 3 rings (SSSR count). The fourth-order valence-corrected chi connectivity index (χ4v) is 3.02. The molecule has 1 aliphatic heterocycles. The van der Waals surface area contributed by atoms with Gasteiger partial charge in [0.25, 0.3) is 6.01 Å². The third-order valence-corrected chi connectivity index (χ3v) is 4.45. The van der Waals surface area contributed by atoms with Crippen LogP contribution in [0.3, 0.4) is 0 Å². The summed E-state index contributed by atoms with van der Waals surface area (Å²) in [5.41, 5.74) is 1.43. The summed E-state index contributed by atoms with van der Waals surface area (Å²) in [4.78, 5) is 29.5.